The van der Waals surface area contributed by atoms with E-state index in [-0.39, 0.29) is 6.10 Å². The van der Waals surface area contributed by atoms with Gasteiger partial charge < -0.3 is 10.0 Å². The Morgan fingerprint density at radius 1 is 1.15 bits per heavy atom. The second kappa shape index (κ2) is 6.17. The van der Waals surface area contributed by atoms with E-state index in [1.54, 1.807) is 0 Å². The Bertz CT molecular complexity index is 439. The molecule has 0 amide bonds. The van der Waals surface area contributed by atoms with E-state index in [1.807, 2.05) is 0 Å². The molecule has 0 bridgehead atoms. The minimum atomic E-state index is -0.202. The molecule has 2 nitrogen and oxygen atoms in total. The maximum Gasteiger partial charge on any atom is 0.0784 e. The highest BCUT2D eigenvalue weighted by Gasteiger charge is 2.34. The Morgan fingerprint density at radius 3 is 2.65 bits per heavy atom. The van der Waals surface area contributed by atoms with Gasteiger partial charge in [-0.15, -0.1) is 0 Å². The molecule has 0 unspecified atom stereocenters. The van der Waals surface area contributed by atoms with Crippen molar-refractivity contribution < 1.29 is 5.11 Å². The monoisotopic (exact) mass is 273 g/mol. The second-order valence-electron chi connectivity index (χ2n) is 6.47. The lowest BCUT2D eigenvalue weighted by molar-refractivity contribution is 0.132. The number of para-hydroxylation sites is 1. The molecule has 1 fully saturated rings. The molecule has 1 aliphatic carbocycles. The number of hydrogen-bond donors (Lipinski definition) is 1. The van der Waals surface area contributed by atoms with Crippen LogP contribution in [0, 0.1) is 0 Å². The molecule has 2 atom stereocenters. The van der Waals surface area contributed by atoms with E-state index in [2.05, 4.69) is 36.1 Å². The number of fused-ring (bicyclic) bond motifs is 1. The standard InChI is InChI=1S/C18H27NO/c1-2-8-16-15-11-6-7-12-17(15)19(13-18(16)20)14-9-4-3-5-10-14/h6-7,11-12,14,16,18,20H,2-5,8-10,13H2,1H3/t16-,18-/m1/s1. The summed E-state index contributed by atoms with van der Waals surface area (Å²) < 4.78 is 0. The topological polar surface area (TPSA) is 23.5 Å². The van der Waals surface area contributed by atoms with Gasteiger partial charge in [0.1, 0.15) is 0 Å². The smallest absolute Gasteiger partial charge is 0.0784 e. The van der Waals surface area contributed by atoms with Crippen LogP contribution in [0.2, 0.25) is 0 Å². The van der Waals surface area contributed by atoms with Gasteiger partial charge in [-0.05, 0) is 30.9 Å². The molecule has 0 saturated heterocycles. The average molecular weight is 273 g/mol. The van der Waals surface area contributed by atoms with Gasteiger partial charge in [0.05, 0.1) is 6.10 Å². The van der Waals surface area contributed by atoms with Crippen LogP contribution in [-0.4, -0.2) is 23.8 Å². The predicted octanol–water partition coefficient (Wildman–Crippen LogP) is 4.08. The number of aliphatic hydroxyl groups excluding tert-OH is 1. The summed E-state index contributed by atoms with van der Waals surface area (Å²) in [6.45, 7) is 3.04. The van der Waals surface area contributed by atoms with E-state index in [9.17, 15) is 5.11 Å². The van der Waals surface area contributed by atoms with E-state index < -0.39 is 0 Å². The molecule has 1 aromatic carbocycles. The van der Waals surface area contributed by atoms with Crippen molar-refractivity contribution in [1.82, 2.24) is 0 Å². The largest absolute Gasteiger partial charge is 0.391 e. The van der Waals surface area contributed by atoms with Crippen LogP contribution in [0.4, 0.5) is 5.69 Å². The fourth-order valence-corrected chi connectivity index (χ4v) is 4.09. The zero-order valence-corrected chi connectivity index (χ0v) is 12.6. The Hall–Kier alpha value is -1.02. The summed E-state index contributed by atoms with van der Waals surface area (Å²) in [5, 5.41) is 10.6. The Morgan fingerprint density at radius 2 is 1.90 bits per heavy atom. The number of β-amino-alcohol motifs (C(OH)–C–C–N with tert-alkyl or cyclic N) is 1. The molecule has 1 aromatic rings. The molecule has 1 N–H and O–H groups in total. The molecular weight excluding hydrogens is 246 g/mol. The Kier molecular flexibility index (Phi) is 4.30. The van der Waals surface area contributed by atoms with Gasteiger partial charge in [-0.1, -0.05) is 50.8 Å². The predicted molar refractivity (Wildman–Crippen MR) is 84.3 cm³/mol. The molecule has 1 aliphatic heterocycles. The van der Waals surface area contributed by atoms with Crippen molar-refractivity contribution in [1.29, 1.82) is 0 Å². The summed E-state index contributed by atoms with van der Waals surface area (Å²) in [5.74, 6) is 0.330. The van der Waals surface area contributed by atoms with Gasteiger partial charge in [-0.3, -0.25) is 0 Å². The molecule has 2 aliphatic rings. The minimum absolute atomic E-state index is 0.202. The molecular formula is C18H27NO. The zero-order chi connectivity index (χ0) is 13.9. The van der Waals surface area contributed by atoms with E-state index in [1.165, 1.54) is 43.4 Å². The zero-order valence-electron chi connectivity index (χ0n) is 12.6. The maximum absolute atomic E-state index is 10.6. The van der Waals surface area contributed by atoms with Gasteiger partial charge in [0.15, 0.2) is 0 Å². The highest BCUT2D eigenvalue weighted by Crippen LogP contribution is 2.40. The van der Waals surface area contributed by atoms with Gasteiger partial charge >= 0.3 is 0 Å². The SMILES string of the molecule is CCC[C@@H]1c2ccccc2N(C2CCCCC2)C[C@H]1O. The number of rotatable bonds is 3. The van der Waals surface area contributed by atoms with E-state index >= 15 is 0 Å². The van der Waals surface area contributed by atoms with Crippen LogP contribution in [0.1, 0.15) is 63.4 Å². The summed E-state index contributed by atoms with van der Waals surface area (Å²) in [6.07, 6.45) is 8.68. The minimum Gasteiger partial charge on any atom is -0.391 e. The molecule has 1 heterocycles. The average Bonchev–Trinajstić information content (AvgIpc) is 2.51. The first kappa shape index (κ1) is 13.9. The van der Waals surface area contributed by atoms with Crippen molar-refractivity contribution in [2.45, 2.75) is 69.9 Å². The van der Waals surface area contributed by atoms with Crippen LogP contribution in [0.5, 0.6) is 0 Å². The normalized spacial score (nSPS) is 27.4. The van der Waals surface area contributed by atoms with E-state index in [0.717, 1.165) is 19.4 Å². The lowest BCUT2D eigenvalue weighted by atomic mass is 9.82. The van der Waals surface area contributed by atoms with Crippen molar-refractivity contribution in [3.05, 3.63) is 29.8 Å². The van der Waals surface area contributed by atoms with Crippen LogP contribution < -0.4 is 4.90 Å². The van der Waals surface area contributed by atoms with Gasteiger partial charge in [-0.25, -0.2) is 0 Å². The summed E-state index contributed by atoms with van der Waals surface area (Å²) in [7, 11) is 0. The number of aliphatic hydroxyl groups is 1. The van der Waals surface area contributed by atoms with Gasteiger partial charge in [-0.2, -0.15) is 0 Å². The van der Waals surface area contributed by atoms with Gasteiger partial charge in [0, 0.05) is 24.2 Å². The van der Waals surface area contributed by atoms with Crippen LogP contribution in [0.25, 0.3) is 0 Å². The van der Waals surface area contributed by atoms with Crippen molar-refractivity contribution in [3.8, 4) is 0 Å². The summed E-state index contributed by atoms with van der Waals surface area (Å²) in [4.78, 5) is 2.51. The Labute approximate surface area is 122 Å². The molecule has 1 saturated carbocycles. The highest BCUT2D eigenvalue weighted by atomic mass is 16.3. The van der Waals surface area contributed by atoms with E-state index in [4.69, 9.17) is 0 Å². The first-order valence-electron chi connectivity index (χ1n) is 8.35. The fourth-order valence-electron chi connectivity index (χ4n) is 4.09. The van der Waals surface area contributed by atoms with Crippen molar-refractivity contribution >= 4 is 5.69 Å². The number of anilines is 1. The molecule has 110 valence electrons. The summed E-state index contributed by atoms with van der Waals surface area (Å²) in [5.41, 5.74) is 2.77. The van der Waals surface area contributed by atoms with Crippen LogP contribution in [0.15, 0.2) is 24.3 Å². The van der Waals surface area contributed by atoms with Crippen LogP contribution in [0.3, 0.4) is 0 Å². The molecule has 20 heavy (non-hydrogen) atoms. The van der Waals surface area contributed by atoms with E-state index in [0.29, 0.717) is 12.0 Å². The molecule has 0 spiro atoms. The first-order chi connectivity index (χ1) is 9.81. The molecule has 3 rings (SSSR count). The molecule has 0 radical (unpaired) electrons. The van der Waals surface area contributed by atoms with Crippen molar-refractivity contribution in [3.63, 3.8) is 0 Å². The molecule has 0 aromatic heterocycles. The van der Waals surface area contributed by atoms with Crippen molar-refractivity contribution in [2.75, 3.05) is 11.4 Å². The summed E-state index contributed by atoms with van der Waals surface area (Å²) >= 11 is 0. The maximum atomic E-state index is 10.6. The number of nitrogens with zero attached hydrogens (tertiary/aromatic N) is 1. The quantitative estimate of drug-likeness (QED) is 0.897. The number of hydrogen-bond acceptors (Lipinski definition) is 2. The number of benzene rings is 1. The third kappa shape index (κ3) is 2.58. The lowest BCUT2D eigenvalue weighted by Crippen LogP contribution is -2.47. The lowest BCUT2D eigenvalue weighted by Gasteiger charge is -2.44. The summed E-state index contributed by atoms with van der Waals surface area (Å²) in [6, 6.07) is 9.41. The highest BCUT2D eigenvalue weighted by molar-refractivity contribution is 5.58. The fraction of sp³-hybridized carbons (Fsp3) is 0.667. The van der Waals surface area contributed by atoms with Gasteiger partial charge in [0.25, 0.3) is 0 Å². The van der Waals surface area contributed by atoms with Crippen LogP contribution >= 0.6 is 0 Å². The third-order valence-corrected chi connectivity index (χ3v) is 5.11. The van der Waals surface area contributed by atoms with Crippen molar-refractivity contribution in [2.24, 2.45) is 0 Å². The first-order valence-corrected chi connectivity index (χ1v) is 8.35. The molecule has 2 heteroatoms. The second-order valence-corrected chi connectivity index (χ2v) is 6.47. The van der Waals surface area contributed by atoms with Crippen LogP contribution in [-0.2, 0) is 0 Å². The Balaban J connectivity index is 1.91. The van der Waals surface area contributed by atoms with Gasteiger partial charge in [0.2, 0.25) is 0 Å². The third-order valence-electron chi connectivity index (χ3n) is 5.11.